The van der Waals surface area contributed by atoms with Gasteiger partial charge < -0.3 is 9.47 Å². The molecule has 2 rings (SSSR count). The predicted octanol–water partition coefficient (Wildman–Crippen LogP) is 3.78. The van der Waals surface area contributed by atoms with E-state index in [1.54, 1.807) is 25.1 Å². The van der Waals surface area contributed by atoms with Crippen molar-refractivity contribution in [3.8, 4) is 17.6 Å². The van der Waals surface area contributed by atoms with Crippen LogP contribution in [0, 0.1) is 11.3 Å². The van der Waals surface area contributed by atoms with Gasteiger partial charge in [-0.25, -0.2) is 0 Å². The van der Waals surface area contributed by atoms with Crippen LogP contribution in [0.15, 0.2) is 42.5 Å². The highest BCUT2D eigenvalue weighted by atomic mass is 16.5. The van der Waals surface area contributed by atoms with Crippen molar-refractivity contribution in [1.82, 2.24) is 0 Å². The van der Waals surface area contributed by atoms with Gasteiger partial charge in [-0.3, -0.25) is 4.79 Å². The second kappa shape index (κ2) is 7.46. The Kier molecular flexibility index (Phi) is 5.37. The maximum absolute atomic E-state index is 12.5. The minimum Gasteiger partial charge on any atom is -0.493 e. The van der Waals surface area contributed by atoms with E-state index >= 15 is 0 Å². The molecule has 0 N–H and O–H groups in total. The number of Topliss-reactive ketones (excluding diaryl/α,β-unsaturated/α-hetero) is 1. The number of ether oxygens (including phenoxy) is 2. The number of benzene rings is 2. The topological polar surface area (TPSA) is 59.3 Å². The van der Waals surface area contributed by atoms with Gasteiger partial charge in [0, 0.05) is 11.6 Å². The lowest BCUT2D eigenvalue weighted by Crippen LogP contribution is -2.24. The van der Waals surface area contributed by atoms with E-state index in [1.165, 1.54) is 12.7 Å². The molecule has 0 aromatic heterocycles. The first kappa shape index (κ1) is 16.6. The van der Waals surface area contributed by atoms with Crippen LogP contribution in [0.5, 0.6) is 11.5 Å². The van der Waals surface area contributed by atoms with E-state index in [1.807, 2.05) is 30.3 Å². The van der Waals surface area contributed by atoms with Gasteiger partial charge in [-0.1, -0.05) is 31.2 Å². The fraction of sp³-hybridized carbons (Fsp3) is 0.263. The highest BCUT2D eigenvalue weighted by Crippen LogP contribution is 2.29. The Hall–Kier alpha value is -2.80. The SMILES string of the molecule is CCc1ccc(C(=O)C(C)Oc2ccc(C#N)cc2OC)cc1. The summed E-state index contributed by atoms with van der Waals surface area (Å²) in [6.07, 6.45) is 0.285. The molecule has 2 aromatic rings. The second-order valence-electron chi connectivity index (χ2n) is 5.15. The average Bonchev–Trinajstić information content (AvgIpc) is 2.61. The van der Waals surface area contributed by atoms with Crippen molar-refractivity contribution in [1.29, 1.82) is 5.26 Å². The number of hydrogen-bond donors (Lipinski definition) is 0. The zero-order chi connectivity index (χ0) is 16.8. The van der Waals surface area contributed by atoms with Gasteiger partial charge in [0.25, 0.3) is 0 Å². The molecule has 0 saturated heterocycles. The molecule has 23 heavy (non-hydrogen) atoms. The lowest BCUT2D eigenvalue weighted by molar-refractivity contribution is 0.0814. The van der Waals surface area contributed by atoms with Gasteiger partial charge in [0.15, 0.2) is 17.6 Å². The van der Waals surface area contributed by atoms with Crippen LogP contribution in [0.4, 0.5) is 0 Å². The van der Waals surface area contributed by atoms with Crippen molar-refractivity contribution in [3.05, 3.63) is 59.2 Å². The molecule has 0 aliphatic rings. The Labute approximate surface area is 136 Å². The smallest absolute Gasteiger partial charge is 0.202 e. The normalized spacial score (nSPS) is 11.4. The first-order valence-electron chi connectivity index (χ1n) is 7.47. The molecular formula is C19H19NO3. The highest BCUT2D eigenvalue weighted by molar-refractivity contribution is 5.99. The highest BCUT2D eigenvalue weighted by Gasteiger charge is 2.18. The molecule has 0 amide bonds. The van der Waals surface area contributed by atoms with Crippen LogP contribution in [0.1, 0.15) is 35.3 Å². The fourth-order valence-electron chi connectivity index (χ4n) is 2.22. The predicted molar refractivity (Wildman–Crippen MR) is 87.9 cm³/mol. The first-order valence-corrected chi connectivity index (χ1v) is 7.47. The van der Waals surface area contributed by atoms with Crippen molar-refractivity contribution in [2.45, 2.75) is 26.4 Å². The summed E-state index contributed by atoms with van der Waals surface area (Å²) in [4.78, 5) is 12.5. The summed E-state index contributed by atoms with van der Waals surface area (Å²) in [6, 6.07) is 14.4. The summed E-state index contributed by atoms with van der Waals surface area (Å²) in [5.41, 5.74) is 2.27. The lowest BCUT2D eigenvalue weighted by Gasteiger charge is -2.16. The summed E-state index contributed by atoms with van der Waals surface area (Å²) >= 11 is 0. The van der Waals surface area contributed by atoms with E-state index in [2.05, 4.69) is 6.92 Å². The summed E-state index contributed by atoms with van der Waals surface area (Å²) in [6.45, 7) is 3.77. The maximum Gasteiger partial charge on any atom is 0.202 e. The Balaban J connectivity index is 2.16. The van der Waals surface area contributed by atoms with Gasteiger partial charge in [-0.05, 0) is 31.0 Å². The Bertz CT molecular complexity index is 729. The second-order valence-corrected chi connectivity index (χ2v) is 5.15. The summed E-state index contributed by atoms with van der Waals surface area (Å²) in [5.74, 6) is 0.779. The molecule has 1 atom stereocenters. The van der Waals surface area contributed by atoms with Crippen molar-refractivity contribution >= 4 is 5.78 Å². The average molecular weight is 309 g/mol. The summed E-state index contributed by atoms with van der Waals surface area (Å²) in [5, 5.41) is 8.91. The van der Waals surface area contributed by atoms with Gasteiger partial charge in [-0.2, -0.15) is 5.26 Å². The standard InChI is InChI=1S/C19H19NO3/c1-4-14-5-8-16(9-6-14)19(21)13(2)23-17-10-7-15(12-20)11-18(17)22-3/h5-11,13H,4H2,1-3H3. The molecule has 0 bridgehead atoms. The number of hydrogen-bond acceptors (Lipinski definition) is 4. The van der Waals surface area contributed by atoms with E-state index in [9.17, 15) is 4.79 Å². The van der Waals surface area contributed by atoms with Crippen molar-refractivity contribution in [2.75, 3.05) is 7.11 Å². The molecule has 1 unspecified atom stereocenters. The molecule has 4 nitrogen and oxygen atoms in total. The van der Waals surface area contributed by atoms with Crippen LogP contribution in [0.2, 0.25) is 0 Å². The molecule has 0 saturated carbocycles. The number of carbonyl (C=O) groups is 1. The number of carbonyl (C=O) groups excluding carboxylic acids is 1. The van der Waals surface area contributed by atoms with E-state index in [-0.39, 0.29) is 5.78 Å². The monoisotopic (exact) mass is 309 g/mol. The quantitative estimate of drug-likeness (QED) is 0.762. The van der Waals surface area contributed by atoms with E-state index < -0.39 is 6.10 Å². The first-order chi connectivity index (χ1) is 11.1. The number of nitrogens with zero attached hydrogens (tertiary/aromatic N) is 1. The number of ketones is 1. The number of methoxy groups -OCH3 is 1. The molecule has 0 radical (unpaired) electrons. The van der Waals surface area contributed by atoms with Crippen LogP contribution in [0.3, 0.4) is 0 Å². The molecule has 2 aromatic carbocycles. The van der Waals surface area contributed by atoms with Gasteiger partial charge >= 0.3 is 0 Å². The molecular weight excluding hydrogens is 290 g/mol. The fourth-order valence-corrected chi connectivity index (χ4v) is 2.22. The van der Waals surface area contributed by atoms with E-state index in [0.717, 1.165) is 6.42 Å². The van der Waals surface area contributed by atoms with Crippen molar-refractivity contribution < 1.29 is 14.3 Å². The van der Waals surface area contributed by atoms with Crippen molar-refractivity contribution in [3.63, 3.8) is 0 Å². The summed E-state index contributed by atoms with van der Waals surface area (Å²) < 4.78 is 10.9. The van der Waals surface area contributed by atoms with Gasteiger partial charge in [0.05, 0.1) is 18.7 Å². The van der Waals surface area contributed by atoms with Crippen LogP contribution in [0.25, 0.3) is 0 Å². The zero-order valence-corrected chi connectivity index (χ0v) is 13.5. The van der Waals surface area contributed by atoms with E-state index in [0.29, 0.717) is 22.6 Å². The largest absolute Gasteiger partial charge is 0.493 e. The minimum atomic E-state index is -0.649. The van der Waals surface area contributed by atoms with Crippen LogP contribution >= 0.6 is 0 Å². The van der Waals surface area contributed by atoms with Crippen LogP contribution in [-0.2, 0) is 6.42 Å². The van der Waals surface area contributed by atoms with Gasteiger partial charge in [-0.15, -0.1) is 0 Å². The Morgan fingerprint density at radius 1 is 1.17 bits per heavy atom. The van der Waals surface area contributed by atoms with Gasteiger partial charge in [0.1, 0.15) is 0 Å². The zero-order valence-electron chi connectivity index (χ0n) is 13.5. The maximum atomic E-state index is 12.5. The summed E-state index contributed by atoms with van der Waals surface area (Å²) in [7, 11) is 1.50. The third kappa shape index (κ3) is 3.89. The molecule has 0 aliphatic heterocycles. The molecule has 0 spiro atoms. The Morgan fingerprint density at radius 2 is 1.87 bits per heavy atom. The third-order valence-electron chi connectivity index (χ3n) is 3.61. The molecule has 0 aliphatic carbocycles. The lowest BCUT2D eigenvalue weighted by atomic mass is 10.0. The molecule has 4 heteroatoms. The molecule has 0 fully saturated rings. The number of aryl methyl sites for hydroxylation is 1. The van der Waals surface area contributed by atoms with Crippen LogP contribution in [-0.4, -0.2) is 19.0 Å². The number of nitriles is 1. The minimum absolute atomic E-state index is 0.0981. The van der Waals surface area contributed by atoms with Crippen molar-refractivity contribution in [2.24, 2.45) is 0 Å². The molecule has 118 valence electrons. The van der Waals surface area contributed by atoms with Gasteiger partial charge in [0.2, 0.25) is 5.78 Å². The third-order valence-corrected chi connectivity index (χ3v) is 3.61. The molecule has 0 heterocycles. The van der Waals surface area contributed by atoms with E-state index in [4.69, 9.17) is 14.7 Å². The van der Waals surface area contributed by atoms with Crippen LogP contribution < -0.4 is 9.47 Å². The number of rotatable bonds is 6. The Morgan fingerprint density at radius 3 is 2.43 bits per heavy atom.